The number of nitrogens with zero attached hydrogens (tertiary/aromatic N) is 1. The second-order valence-electron chi connectivity index (χ2n) is 3.76. The average Bonchev–Trinajstić information content (AvgIpc) is 2.39. The molecule has 0 atom stereocenters. The number of hydrogen-bond acceptors (Lipinski definition) is 4. The Hall–Kier alpha value is -2.56. The zero-order chi connectivity index (χ0) is 13.1. The van der Waals surface area contributed by atoms with Crippen molar-refractivity contribution in [1.82, 2.24) is 0 Å². The van der Waals surface area contributed by atoms with Gasteiger partial charge < -0.3 is 10.5 Å². The Labute approximate surface area is 104 Å². The molecule has 0 aliphatic heterocycles. The van der Waals surface area contributed by atoms with Crippen LogP contribution in [0.5, 0.6) is 5.75 Å². The highest BCUT2D eigenvalue weighted by Crippen LogP contribution is 2.30. The minimum absolute atomic E-state index is 0.0586. The summed E-state index contributed by atoms with van der Waals surface area (Å²) in [5, 5.41) is 10.7. The molecule has 0 aliphatic carbocycles. The third-order valence-electron chi connectivity index (χ3n) is 2.62. The van der Waals surface area contributed by atoms with Gasteiger partial charge in [-0.15, -0.1) is 0 Å². The molecule has 5 heteroatoms. The van der Waals surface area contributed by atoms with Gasteiger partial charge in [-0.3, -0.25) is 10.1 Å². The van der Waals surface area contributed by atoms with E-state index >= 15 is 0 Å². The van der Waals surface area contributed by atoms with Gasteiger partial charge in [0.15, 0.2) is 0 Å². The number of hydrogen-bond donors (Lipinski definition) is 1. The van der Waals surface area contributed by atoms with Crippen molar-refractivity contribution in [2.45, 2.75) is 0 Å². The highest BCUT2D eigenvalue weighted by Gasteiger charge is 2.08. The van der Waals surface area contributed by atoms with Crippen LogP contribution in [-0.4, -0.2) is 12.0 Å². The Morgan fingerprint density at radius 3 is 2.56 bits per heavy atom. The van der Waals surface area contributed by atoms with Gasteiger partial charge in [0.1, 0.15) is 5.75 Å². The summed E-state index contributed by atoms with van der Waals surface area (Å²) in [5.41, 5.74) is 7.89. The number of nitro benzene ring substituents is 1. The van der Waals surface area contributed by atoms with Crippen LogP contribution in [0, 0.1) is 10.1 Å². The molecule has 18 heavy (non-hydrogen) atoms. The van der Waals surface area contributed by atoms with E-state index in [-0.39, 0.29) is 5.69 Å². The van der Waals surface area contributed by atoms with Crippen LogP contribution in [0.25, 0.3) is 11.1 Å². The minimum Gasteiger partial charge on any atom is -0.495 e. The fourth-order valence-electron chi connectivity index (χ4n) is 1.69. The van der Waals surface area contributed by atoms with Gasteiger partial charge in [0.05, 0.1) is 17.7 Å². The molecule has 0 amide bonds. The number of nitro groups is 1. The predicted octanol–water partition coefficient (Wildman–Crippen LogP) is 2.85. The maximum Gasteiger partial charge on any atom is 0.270 e. The quantitative estimate of drug-likeness (QED) is 0.511. The lowest BCUT2D eigenvalue weighted by Gasteiger charge is -2.07. The molecular weight excluding hydrogens is 232 g/mol. The molecular formula is C13H12N2O3. The monoisotopic (exact) mass is 244 g/mol. The van der Waals surface area contributed by atoms with Crippen molar-refractivity contribution in [3.8, 4) is 16.9 Å². The van der Waals surface area contributed by atoms with Crippen LogP contribution < -0.4 is 10.5 Å². The number of anilines is 1. The van der Waals surface area contributed by atoms with E-state index in [4.69, 9.17) is 10.5 Å². The molecule has 2 aromatic rings. The highest BCUT2D eigenvalue weighted by molar-refractivity contribution is 5.71. The molecule has 2 rings (SSSR count). The molecule has 0 aliphatic rings. The molecule has 92 valence electrons. The maximum absolute atomic E-state index is 10.7. The summed E-state index contributed by atoms with van der Waals surface area (Å²) < 4.78 is 5.13. The van der Waals surface area contributed by atoms with Gasteiger partial charge in [0, 0.05) is 12.1 Å². The van der Waals surface area contributed by atoms with Gasteiger partial charge in [-0.2, -0.15) is 0 Å². The van der Waals surface area contributed by atoms with Gasteiger partial charge in [0.2, 0.25) is 0 Å². The molecule has 0 heterocycles. The first-order chi connectivity index (χ1) is 8.61. The van der Waals surface area contributed by atoms with E-state index in [0.717, 1.165) is 11.1 Å². The van der Waals surface area contributed by atoms with E-state index in [1.165, 1.54) is 19.2 Å². The first-order valence-corrected chi connectivity index (χ1v) is 5.30. The second-order valence-corrected chi connectivity index (χ2v) is 3.76. The zero-order valence-electron chi connectivity index (χ0n) is 9.79. The highest BCUT2D eigenvalue weighted by atomic mass is 16.6. The van der Waals surface area contributed by atoms with Crippen LogP contribution in [-0.2, 0) is 0 Å². The number of nitrogen functional groups attached to an aromatic ring is 1. The fourth-order valence-corrected chi connectivity index (χ4v) is 1.69. The van der Waals surface area contributed by atoms with Crippen LogP contribution in [0.1, 0.15) is 0 Å². The smallest absolute Gasteiger partial charge is 0.270 e. The lowest BCUT2D eigenvalue weighted by atomic mass is 10.0. The van der Waals surface area contributed by atoms with Crippen molar-refractivity contribution in [1.29, 1.82) is 0 Å². The zero-order valence-corrected chi connectivity index (χ0v) is 9.79. The SMILES string of the molecule is COc1cc(-c2cccc([N+](=O)[O-])c2)ccc1N. The number of ether oxygens (including phenoxy) is 1. The van der Waals surface area contributed by atoms with Crippen LogP contribution >= 0.6 is 0 Å². The van der Waals surface area contributed by atoms with Gasteiger partial charge in [-0.25, -0.2) is 0 Å². The van der Waals surface area contributed by atoms with Crippen LogP contribution in [0.3, 0.4) is 0 Å². The van der Waals surface area contributed by atoms with Crippen molar-refractivity contribution in [2.24, 2.45) is 0 Å². The third-order valence-corrected chi connectivity index (χ3v) is 2.62. The molecule has 0 bridgehead atoms. The molecule has 5 nitrogen and oxygen atoms in total. The van der Waals surface area contributed by atoms with E-state index in [1.54, 1.807) is 30.3 Å². The summed E-state index contributed by atoms with van der Waals surface area (Å²) in [6.07, 6.45) is 0. The van der Waals surface area contributed by atoms with Gasteiger partial charge in [-0.1, -0.05) is 18.2 Å². The topological polar surface area (TPSA) is 78.4 Å². The van der Waals surface area contributed by atoms with Crippen LogP contribution in [0.4, 0.5) is 11.4 Å². The molecule has 0 aromatic heterocycles. The summed E-state index contributed by atoms with van der Waals surface area (Å²) >= 11 is 0. The molecule has 0 fully saturated rings. The van der Waals surface area contributed by atoms with Crippen LogP contribution in [0.2, 0.25) is 0 Å². The standard InChI is InChI=1S/C13H12N2O3/c1-18-13-8-10(5-6-12(13)14)9-3-2-4-11(7-9)15(16)17/h2-8H,14H2,1H3. The number of benzene rings is 2. The van der Waals surface area contributed by atoms with Gasteiger partial charge in [-0.05, 0) is 23.3 Å². The first-order valence-electron chi connectivity index (χ1n) is 5.30. The summed E-state index contributed by atoms with van der Waals surface area (Å²) in [6.45, 7) is 0. The maximum atomic E-state index is 10.7. The van der Waals surface area contributed by atoms with E-state index in [0.29, 0.717) is 11.4 Å². The minimum atomic E-state index is -0.419. The Morgan fingerprint density at radius 2 is 1.89 bits per heavy atom. The Morgan fingerprint density at radius 1 is 1.17 bits per heavy atom. The lowest BCUT2D eigenvalue weighted by Crippen LogP contribution is -1.93. The second kappa shape index (κ2) is 4.75. The molecule has 0 saturated carbocycles. The molecule has 2 N–H and O–H groups in total. The summed E-state index contributed by atoms with van der Waals surface area (Å²) in [4.78, 5) is 10.3. The number of rotatable bonds is 3. The number of non-ortho nitro benzene ring substituents is 1. The molecule has 0 spiro atoms. The summed E-state index contributed by atoms with van der Waals surface area (Å²) in [6, 6.07) is 11.7. The van der Waals surface area contributed by atoms with Crippen molar-refractivity contribution < 1.29 is 9.66 Å². The number of methoxy groups -OCH3 is 1. The van der Waals surface area contributed by atoms with E-state index in [2.05, 4.69) is 0 Å². The van der Waals surface area contributed by atoms with E-state index in [1.807, 2.05) is 0 Å². The Balaban J connectivity index is 2.48. The fraction of sp³-hybridized carbons (Fsp3) is 0.0769. The Kier molecular flexibility index (Phi) is 3.14. The average molecular weight is 244 g/mol. The molecule has 0 radical (unpaired) electrons. The third kappa shape index (κ3) is 2.24. The van der Waals surface area contributed by atoms with Crippen molar-refractivity contribution in [2.75, 3.05) is 12.8 Å². The van der Waals surface area contributed by atoms with Crippen molar-refractivity contribution in [3.63, 3.8) is 0 Å². The molecule has 2 aromatic carbocycles. The molecule has 0 saturated heterocycles. The normalized spacial score (nSPS) is 10.1. The molecule has 0 unspecified atom stereocenters. The number of nitrogens with two attached hydrogens (primary N) is 1. The Bertz CT molecular complexity index is 597. The predicted molar refractivity (Wildman–Crippen MR) is 69.5 cm³/mol. The van der Waals surface area contributed by atoms with Crippen molar-refractivity contribution in [3.05, 3.63) is 52.6 Å². The van der Waals surface area contributed by atoms with Crippen molar-refractivity contribution >= 4 is 11.4 Å². The van der Waals surface area contributed by atoms with Crippen LogP contribution in [0.15, 0.2) is 42.5 Å². The largest absolute Gasteiger partial charge is 0.495 e. The summed E-state index contributed by atoms with van der Waals surface area (Å²) in [7, 11) is 1.53. The van der Waals surface area contributed by atoms with E-state index in [9.17, 15) is 10.1 Å². The lowest BCUT2D eigenvalue weighted by molar-refractivity contribution is -0.384. The van der Waals surface area contributed by atoms with E-state index < -0.39 is 4.92 Å². The summed E-state index contributed by atoms with van der Waals surface area (Å²) in [5.74, 6) is 0.555. The van der Waals surface area contributed by atoms with Gasteiger partial charge >= 0.3 is 0 Å². The first kappa shape index (κ1) is 11.9. The van der Waals surface area contributed by atoms with Gasteiger partial charge in [0.25, 0.3) is 5.69 Å².